The molecule has 8 heteroatoms. The second-order valence-corrected chi connectivity index (χ2v) is 8.43. The molecule has 2 aliphatic rings. The zero-order valence-electron chi connectivity index (χ0n) is 17.5. The van der Waals surface area contributed by atoms with Crippen LogP contribution in [0.5, 0.6) is 5.88 Å². The maximum Gasteiger partial charge on any atom is 0.224 e. The second-order valence-electron chi connectivity index (χ2n) is 8.43. The van der Waals surface area contributed by atoms with Crippen LogP contribution in [0, 0.1) is 0 Å². The topological polar surface area (TPSA) is 89.4 Å². The van der Waals surface area contributed by atoms with E-state index >= 15 is 0 Å². The molecule has 2 aromatic rings. The number of aliphatic hydroxyl groups excluding tert-OH is 1. The molecule has 30 heavy (non-hydrogen) atoms. The van der Waals surface area contributed by atoms with E-state index in [0.717, 1.165) is 55.0 Å². The van der Waals surface area contributed by atoms with Gasteiger partial charge in [0.15, 0.2) is 0 Å². The number of aliphatic hydroxyl groups is 1. The van der Waals surface area contributed by atoms with Crippen molar-refractivity contribution in [3.63, 3.8) is 0 Å². The molecule has 0 amide bonds. The summed E-state index contributed by atoms with van der Waals surface area (Å²) < 4.78 is 24.3. The molecule has 0 radical (unpaired) electrons. The first-order chi connectivity index (χ1) is 14.6. The van der Waals surface area contributed by atoms with Gasteiger partial charge in [0.25, 0.3) is 0 Å². The van der Waals surface area contributed by atoms with Crippen LogP contribution in [0.4, 0.5) is 10.3 Å². The first-order valence-corrected chi connectivity index (χ1v) is 11.0. The van der Waals surface area contributed by atoms with E-state index in [4.69, 9.17) is 14.5 Å². The third-order valence-electron chi connectivity index (χ3n) is 6.11. The van der Waals surface area contributed by atoms with Crippen molar-refractivity contribution in [3.05, 3.63) is 18.0 Å². The number of hydrogen-bond acceptors (Lipinski definition) is 7. The van der Waals surface area contributed by atoms with Crippen LogP contribution in [0.3, 0.4) is 0 Å². The van der Waals surface area contributed by atoms with Crippen molar-refractivity contribution in [2.45, 2.75) is 76.0 Å². The molecule has 7 nitrogen and oxygen atoms in total. The number of rotatable bonds is 7. The Morgan fingerprint density at radius 1 is 1.17 bits per heavy atom. The van der Waals surface area contributed by atoms with Crippen molar-refractivity contribution >= 4 is 16.9 Å². The van der Waals surface area contributed by atoms with Gasteiger partial charge in [0.1, 0.15) is 6.10 Å². The lowest BCUT2D eigenvalue weighted by Crippen LogP contribution is -2.26. The summed E-state index contributed by atoms with van der Waals surface area (Å²) in [5.41, 5.74) is 1.90. The van der Waals surface area contributed by atoms with Gasteiger partial charge in [0.05, 0.1) is 36.9 Å². The molecular formula is C22H31FN4O3. The normalized spacial score (nSPS) is 24.0. The van der Waals surface area contributed by atoms with Gasteiger partial charge in [-0.1, -0.05) is 0 Å². The van der Waals surface area contributed by atoms with Crippen LogP contribution < -0.4 is 10.1 Å². The Hall–Kier alpha value is -2.06. The Bertz CT molecular complexity index is 838. The van der Waals surface area contributed by atoms with Crippen LogP contribution in [0.15, 0.2) is 12.4 Å². The molecular weight excluding hydrogens is 387 g/mol. The highest BCUT2D eigenvalue weighted by molar-refractivity contribution is 5.86. The van der Waals surface area contributed by atoms with Crippen molar-refractivity contribution in [2.24, 2.45) is 0 Å². The summed E-state index contributed by atoms with van der Waals surface area (Å²) in [6.45, 7) is 2.93. The highest BCUT2D eigenvalue weighted by Crippen LogP contribution is 2.38. The van der Waals surface area contributed by atoms with E-state index in [1.54, 1.807) is 6.20 Å². The minimum Gasteiger partial charge on any atom is -0.474 e. The molecule has 0 aromatic carbocycles. The predicted octanol–water partition coefficient (Wildman–Crippen LogP) is 3.76. The number of fused-ring (bicyclic) bond motifs is 1. The first kappa shape index (κ1) is 21.2. The second kappa shape index (κ2) is 9.83. The summed E-state index contributed by atoms with van der Waals surface area (Å²) in [5, 5.41) is 13.9. The van der Waals surface area contributed by atoms with Crippen molar-refractivity contribution in [2.75, 3.05) is 25.2 Å². The van der Waals surface area contributed by atoms with Gasteiger partial charge >= 0.3 is 0 Å². The molecule has 0 bridgehead atoms. The third-order valence-corrected chi connectivity index (χ3v) is 6.11. The Kier molecular flexibility index (Phi) is 6.94. The van der Waals surface area contributed by atoms with Crippen molar-refractivity contribution < 1.29 is 19.0 Å². The number of alkyl halides is 1. The van der Waals surface area contributed by atoms with E-state index in [9.17, 15) is 9.50 Å². The van der Waals surface area contributed by atoms with Gasteiger partial charge in [-0.2, -0.15) is 0 Å². The number of nitrogens with zero attached hydrogens (tertiary/aromatic N) is 3. The highest BCUT2D eigenvalue weighted by Gasteiger charge is 2.26. The number of anilines is 1. The lowest BCUT2D eigenvalue weighted by atomic mass is 9.83. The summed E-state index contributed by atoms with van der Waals surface area (Å²) in [5.74, 6) is 1.34. The van der Waals surface area contributed by atoms with E-state index in [1.165, 1.54) is 0 Å². The molecule has 1 saturated heterocycles. The molecule has 0 unspecified atom stereocenters. The Morgan fingerprint density at radius 3 is 2.67 bits per heavy atom. The summed E-state index contributed by atoms with van der Waals surface area (Å²) in [6.07, 6.45) is 8.97. The standard InChI is InChI=1S/C22H31FN4O3/c1-14(6-9-23)26-22-25-13-19-20(27-22)18(15-2-4-16(28)5-3-15)12-24-21(19)30-17-7-10-29-11-8-17/h12-17,28H,2-11H2,1H3,(H,25,26,27)/t14-,15-,16-/m0/s1. The van der Waals surface area contributed by atoms with Crippen molar-refractivity contribution in [3.8, 4) is 5.88 Å². The molecule has 2 fully saturated rings. The minimum atomic E-state index is -0.385. The van der Waals surface area contributed by atoms with Crippen LogP contribution in [-0.4, -0.2) is 58.2 Å². The summed E-state index contributed by atoms with van der Waals surface area (Å²) in [4.78, 5) is 13.9. The number of aromatic nitrogens is 3. The van der Waals surface area contributed by atoms with Gasteiger partial charge in [-0.25, -0.2) is 15.0 Å². The van der Waals surface area contributed by atoms with Gasteiger partial charge in [0, 0.05) is 36.8 Å². The third kappa shape index (κ3) is 4.98. The van der Waals surface area contributed by atoms with Gasteiger partial charge < -0.3 is 19.9 Å². The van der Waals surface area contributed by atoms with E-state index in [-0.39, 0.29) is 24.9 Å². The Labute approximate surface area is 176 Å². The molecule has 2 aromatic heterocycles. The molecule has 4 rings (SSSR count). The molecule has 2 N–H and O–H groups in total. The Morgan fingerprint density at radius 2 is 1.93 bits per heavy atom. The number of ether oxygens (including phenoxy) is 2. The number of halogens is 1. The van der Waals surface area contributed by atoms with E-state index < -0.39 is 0 Å². The van der Waals surface area contributed by atoms with Crippen molar-refractivity contribution in [1.82, 2.24) is 15.0 Å². The van der Waals surface area contributed by atoms with Crippen molar-refractivity contribution in [1.29, 1.82) is 0 Å². The molecule has 164 valence electrons. The SMILES string of the molecule is C[C@@H](CCF)Nc1ncc2c(OC3CCOCC3)ncc([C@H]3CC[C@H](O)CC3)c2n1. The maximum atomic E-state index is 12.7. The van der Waals surface area contributed by atoms with Gasteiger partial charge in [-0.3, -0.25) is 4.39 Å². The number of pyridine rings is 1. The van der Waals surface area contributed by atoms with E-state index in [1.807, 2.05) is 13.1 Å². The quantitative estimate of drug-likeness (QED) is 0.708. The molecule has 1 aliphatic heterocycles. The Balaban J connectivity index is 1.67. The highest BCUT2D eigenvalue weighted by atomic mass is 19.1. The van der Waals surface area contributed by atoms with Gasteiger partial charge in [0.2, 0.25) is 11.8 Å². The largest absolute Gasteiger partial charge is 0.474 e. The van der Waals surface area contributed by atoms with Crippen LogP contribution in [0.25, 0.3) is 10.9 Å². The summed E-state index contributed by atoms with van der Waals surface area (Å²) >= 11 is 0. The summed E-state index contributed by atoms with van der Waals surface area (Å²) in [7, 11) is 0. The average molecular weight is 419 g/mol. The fourth-order valence-electron chi connectivity index (χ4n) is 4.27. The fourth-order valence-corrected chi connectivity index (χ4v) is 4.27. The lowest BCUT2D eigenvalue weighted by molar-refractivity contribution is 0.0244. The zero-order valence-corrected chi connectivity index (χ0v) is 17.5. The molecule has 3 heterocycles. The molecule has 1 atom stereocenters. The smallest absolute Gasteiger partial charge is 0.224 e. The van der Waals surface area contributed by atoms with E-state index in [2.05, 4.69) is 15.3 Å². The lowest BCUT2D eigenvalue weighted by Gasteiger charge is -2.27. The molecule has 0 spiro atoms. The predicted molar refractivity (Wildman–Crippen MR) is 113 cm³/mol. The van der Waals surface area contributed by atoms with Gasteiger partial charge in [-0.05, 0) is 44.9 Å². The summed E-state index contributed by atoms with van der Waals surface area (Å²) in [6, 6.07) is -0.0551. The zero-order chi connectivity index (χ0) is 20.9. The van der Waals surface area contributed by atoms with Crippen LogP contribution in [0.1, 0.15) is 63.4 Å². The average Bonchev–Trinajstić information content (AvgIpc) is 2.75. The number of hydrogen-bond donors (Lipinski definition) is 2. The maximum absolute atomic E-state index is 12.7. The first-order valence-electron chi connectivity index (χ1n) is 11.0. The minimum absolute atomic E-state index is 0.0551. The van der Waals surface area contributed by atoms with E-state index in [0.29, 0.717) is 37.4 Å². The van der Waals surface area contributed by atoms with Crippen LogP contribution >= 0.6 is 0 Å². The number of nitrogens with one attached hydrogen (secondary N) is 1. The van der Waals surface area contributed by atoms with Crippen LogP contribution in [-0.2, 0) is 4.74 Å². The fraction of sp³-hybridized carbons (Fsp3) is 0.682. The monoisotopic (exact) mass is 418 g/mol. The molecule has 1 aliphatic carbocycles. The molecule has 1 saturated carbocycles. The van der Waals surface area contributed by atoms with Crippen LogP contribution in [0.2, 0.25) is 0 Å². The van der Waals surface area contributed by atoms with Gasteiger partial charge in [-0.15, -0.1) is 0 Å².